The van der Waals surface area contributed by atoms with Crippen molar-refractivity contribution in [1.29, 1.82) is 0 Å². The Labute approximate surface area is 207 Å². The van der Waals surface area contributed by atoms with E-state index < -0.39 is 17.9 Å². The molecule has 3 N–H and O–H groups in total. The summed E-state index contributed by atoms with van der Waals surface area (Å²) < 4.78 is 5.30. The molecule has 2 atom stereocenters. The fourth-order valence-corrected chi connectivity index (χ4v) is 3.92. The van der Waals surface area contributed by atoms with Gasteiger partial charge >= 0.3 is 5.97 Å². The summed E-state index contributed by atoms with van der Waals surface area (Å²) in [5.74, 6) is -1.03. The molecule has 35 heavy (non-hydrogen) atoms. The van der Waals surface area contributed by atoms with Crippen molar-refractivity contribution in [1.82, 2.24) is 5.32 Å². The van der Waals surface area contributed by atoms with Crippen LogP contribution >= 0.6 is 0 Å². The van der Waals surface area contributed by atoms with Crippen LogP contribution in [0.1, 0.15) is 49.8 Å². The maximum Gasteiger partial charge on any atom is 0.328 e. The highest BCUT2D eigenvalue weighted by atomic mass is 16.5. The summed E-state index contributed by atoms with van der Waals surface area (Å²) in [6.07, 6.45) is 7.10. The maximum atomic E-state index is 13.0. The first-order valence-electron chi connectivity index (χ1n) is 12.1. The monoisotopic (exact) mass is 474 g/mol. The van der Waals surface area contributed by atoms with Crippen LogP contribution < -0.4 is 15.8 Å². The lowest BCUT2D eigenvalue weighted by Crippen LogP contribution is -2.38. The molecule has 2 aromatic carbocycles. The van der Waals surface area contributed by atoms with Crippen molar-refractivity contribution in [2.24, 2.45) is 17.6 Å². The standard InChI is InChI=1S/C29H34N2O4/c1-19(2)27(30)29(34)35-24-14-11-20(12-15-24)13-16-26(32)25-6-4-5-23(28(25)33)17-21-7-9-22(10-8-21)18-31-3/h7-17,19,25,27,31H,4-6,18,30H2,1-3H3/b16-13+,23-17+. The first-order chi connectivity index (χ1) is 16.8. The molecule has 1 saturated carbocycles. The van der Waals surface area contributed by atoms with Crippen molar-refractivity contribution < 1.29 is 19.1 Å². The highest BCUT2D eigenvalue weighted by Crippen LogP contribution is 2.28. The van der Waals surface area contributed by atoms with E-state index in [1.807, 2.05) is 51.2 Å². The quantitative estimate of drug-likeness (QED) is 0.243. The Morgan fingerprint density at radius 1 is 1.09 bits per heavy atom. The number of carbonyl (C=O) groups excluding carboxylic acids is 3. The lowest BCUT2D eigenvalue weighted by Gasteiger charge is -2.21. The number of allylic oxidation sites excluding steroid dienone is 2. The zero-order valence-electron chi connectivity index (χ0n) is 20.6. The van der Waals surface area contributed by atoms with Gasteiger partial charge in [0.15, 0.2) is 11.6 Å². The minimum absolute atomic E-state index is 0.0162. The molecule has 184 valence electrons. The minimum Gasteiger partial charge on any atom is -0.425 e. The lowest BCUT2D eigenvalue weighted by molar-refractivity contribution is -0.137. The van der Waals surface area contributed by atoms with Gasteiger partial charge in [0, 0.05) is 6.54 Å². The molecule has 0 aliphatic heterocycles. The molecule has 0 saturated heterocycles. The molecule has 3 rings (SSSR count). The Kier molecular flexibility index (Phi) is 9.29. The number of Topliss-reactive ketones (excluding diaryl/α,β-unsaturated/α-hetero) is 1. The SMILES string of the molecule is CNCc1ccc(/C=C2\CCCC(C(=O)/C=C/c3ccc(OC(=O)C(N)C(C)C)cc3)C2=O)cc1. The summed E-state index contributed by atoms with van der Waals surface area (Å²) in [7, 11) is 1.90. The van der Waals surface area contributed by atoms with Gasteiger partial charge in [0.05, 0.1) is 5.92 Å². The van der Waals surface area contributed by atoms with Crippen LogP contribution in [0.25, 0.3) is 12.2 Å². The molecule has 0 heterocycles. The lowest BCUT2D eigenvalue weighted by atomic mass is 9.81. The van der Waals surface area contributed by atoms with E-state index in [1.54, 1.807) is 30.3 Å². The van der Waals surface area contributed by atoms with Crippen molar-refractivity contribution in [3.63, 3.8) is 0 Å². The number of esters is 1. The van der Waals surface area contributed by atoms with Gasteiger partial charge in [0.2, 0.25) is 0 Å². The van der Waals surface area contributed by atoms with E-state index in [4.69, 9.17) is 10.5 Å². The summed E-state index contributed by atoms with van der Waals surface area (Å²) >= 11 is 0. The van der Waals surface area contributed by atoms with E-state index in [0.717, 1.165) is 24.1 Å². The molecule has 2 aromatic rings. The molecule has 0 amide bonds. The van der Waals surface area contributed by atoms with E-state index in [2.05, 4.69) is 5.32 Å². The number of rotatable bonds is 9. The largest absolute Gasteiger partial charge is 0.425 e. The zero-order valence-corrected chi connectivity index (χ0v) is 20.6. The van der Waals surface area contributed by atoms with Crippen LogP contribution in [0, 0.1) is 11.8 Å². The smallest absolute Gasteiger partial charge is 0.328 e. The number of nitrogens with two attached hydrogens (primary N) is 1. The van der Waals surface area contributed by atoms with Gasteiger partial charge in [-0.2, -0.15) is 0 Å². The first-order valence-corrected chi connectivity index (χ1v) is 12.1. The molecule has 0 radical (unpaired) electrons. The van der Waals surface area contributed by atoms with E-state index in [1.165, 1.54) is 11.6 Å². The Balaban J connectivity index is 1.62. The molecular formula is C29H34N2O4. The van der Waals surface area contributed by atoms with Gasteiger partial charge in [-0.3, -0.25) is 9.59 Å². The van der Waals surface area contributed by atoms with Crippen molar-refractivity contribution in [2.45, 2.75) is 45.7 Å². The Morgan fingerprint density at radius 3 is 2.37 bits per heavy atom. The van der Waals surface area contributed by atoms with Crippen LogP contribution in [0.2, 0.25) is 0 Å². The zero-order chi connectivity index (χ0) is 25.4. The number of carbonyl (C=O) groups is 3. The Hall–Kier alpha value is -3.35. The van der Waals surface area contributed by atoms with Crippen LogP contribution in [-0.4, -0.2) is 30.6 Å². The van der Waals surface area contributed by atoms with Crippen molar-refractivity contribution >= 4 is 29.7 Å². The fourth-order valence-electron chi connectivity index (χ4n) is 3.92. The second-order valence-electron chi connectivity index (χ2n) is 9.25. The third-order valence-corrected chi connectivity index (χ3v) is 6.15. The van der Waals surface area contributed by atoms with E-state index >= 15 is 0 Å². The normalized spacial score (nSPS) is 18.3. The molecule has 1 aliphatic carbocycles. The maximum absolute atomic E-state index is 13.0. The predicted molar refractivity (Wildman–Crippen MR) is 138 cm³/mol. The summed E-state index contributed by atoms with van der Waals surface area (Å²) in [5, 5.41) is 3.11. The fraction of sp³-hybridized carbons (Fsp3) is 0.345. The average Bonchev–Trinajstić information content (AvgIpc) is 2.85. The van der Waals surface area contributed by atoms with Crippen LogP contribution in [0.3, 0.4) is 0 Å². The van der Waals surface area contributed by atoms with Crippen molar-refractivity contribution in [3.05, 3.63) is 76.9 Å². The molecule has 2 unspecified atom stereocenters. The van der Waals surface area contributed by atoms with E-state index in [-0.39, 0.29) is 17.5 Å². The van der Waals surface area contributed by atoms with Crippen LogP contribution in [0.15, 0.2) is 60.2 Å². The number of hydrogen-bond donors (Lipinski definition) is 2. The highest BCUT2D eigenvalue weighted by Gasteiger charge is 2.30. The number of ketones is 2. The molecule has 0 aromatic heterocycles. The Morgan fingerprint density at radius 2 is 1.74 bits per heavy atom. The van der Waals surface area contributed by atoms with Gasteiger partial charge in [-0.25, -0.2) is 4.79 Å². The summed E-state index contributed by atoms with van der Waals surface area (Å²) in [5.41, 5.74) is 9.43. The summed E-state index contributed by atoms with van der Waals surface area (Å²) in [6.45, 7) is 4.50. The van der Waals surface area contributed by atoms with Gasteiger partial charge in [-0.15, -0.1) is 0 Å². The predicted octanol–water partition coefficient (Wildman–Crippen LogP) is 4.33. The highest BCUT2D eigenvalue weighted by molar-refractivity contribution is 6.16. The van der Waals surface area contributed by atoms with Crippen LogP contribution in [0.4, 0.5) is 0 Å². The topological polar surface area (TPSA) is 98.5 Å². The van der Waals surface area contributed by atoms with E-state index in [0.29, 0.717) is 24.2 Å². The van der Waals surface area contributed by atoms with E-state index in [9.17, 15) is 14.4 Å². The van der Waals surface area contributed by atoms with Crippen LogP contribution in [-0.2, 0) is 20.9 Å². The first kappa shape index (κ1) is 26.3. The molecule has 0 spiro atoms. The summed E-state index contributed by atoms with van der Waals surface area (Å²) in [6, 6.07) is 14.2. The third kappa shape index (κ3) is 7.31. The number of ether oxygens (including phenoxy) is 1. The molecule has 0 bridgehead atoms. The number of hydrogen-bond acceptors (Lipinski definition) is 6. The second kappa shape index (κ2) is 12.4. The summed E-state index contributed by atoms with van der Waals surface area (Å²) in [4.78, 5) is 37.8. The molecule has 6 heteroatoms. The van der Waals surface area contributed by atoms with Crippen molar-refractivity contribution in [3.8, 4) is 5.75 Å². The molecule has 6 nitrogen and oxygen atoms in total. The third-order valence-electron chi connectivity index (χ3n) is 6.15. The van der Waals surface area contributed by atoms with Gasteiger partial charge in [-0.05, 0) is 78.8 Å². The molecule has 1 fully saturated rings. The average molecular weight is 475 g/mol. The Bertz CT molecular complexity index is 1100. The van der Waals surface area contributed by atoms with Gasteiger partial charge < -0.3 is 15.8 Å². The number of benzene rings is 2. The molecular weight excluding hydrogens is 440 g/mol. The second-order valence-corrected chi connectivity index (χ2v) is 9.25. The van der Waals surface area contributed by atoms with Gasteiger partial charge in [0.25, 0.3) is 0 Å². The van der Waals surface area contributed by atoms with Gasteiger partial charge in [-0.1, -0.05) is 56.3 Å². The number of nitrogens with one attached hydrogen (secondary N) is 1. The minimum atomic E-state index is -0.683. The molecule has 1 aliphatic rings. The van der Waals surface area contributed by atoms with Gasteiger partial charge in [0.1, 0.15) is 11.8 Å². The van der Waals surface area contributed by atoms with Crippen LogP contribution in [0.5, 0.6) is 5.75 Å². The van der Waals surface area contributed by atoms with Crippen molar-refractivity contribution in [2.75, 3.05) is 7.05 Å².